The van der Waals surface area contributed by atoms with Gasteiger partial charge in [0.25, 0.3) is 10.0 Å². The van der Waals surface area contributed by atoms with Crippen LogP contribution in [-0.2, 0) is 10.0 Å². The Morgan fingerprint density at radius 2 is 2.23 bits per heavy atom. The summed E-state index contributed by atoms with van der Waals surface area (Å²) in [4.78, 5) is 2.16. The number of nitrogens with one attached hydrogen (secondary N) is 1. The van der Waals surface area contributed by atoms with Crippen molar-refractivity contribution in [3.8, 4) is 5.75 Å². The lowest BCUT2D eigenvalue weighted by atomic mass is 10.2. The predicted octanol–water partition coefficient (Wildman–Crippen LogP) is 3.50. The van der Waals surface area contributed by atoms with Crippen molar-refractivity contribution in [1.82, 2.24) is 4.83 Å². The highest BCUT2D eigenvalue weighted by molar-refractivity contribution is 7.91. The third-order valence-corrected chi connectivity index (χ3v) is 5.48. The molecule has 1 aromatic carbocycles. The number of benzene rings is 1. The first-order chi connectivity index (χ1) is 10.5. The molecule has 0 aliphatic heterocycles. The quantitative estimate of drug-likeness (QED) is 0.608. The minimum atomic E-state index is -3.60. The van der Waals surface area contributed by atoms with Gasteiger partial charge in [-0.2, -0.15) is 18.4 Å². The average Bonchev–Trinajstić information content (AvgIpc) is 3.01. The van der Waals surface area contributed by atoms with Gasteiger partial charge in [-0.1, -0.05) is 24.6 Å². The summed E-state index contributed by atoms with van der Waals surface area (Å²) in [6.07, 6.45) is 2.28. The summed E-state index contributed by atoms with van der Waals surface area (Å²) in [6.45, 7) is 2.60. The maximum absolute atomic E-state index is 11.9. The van der Waals surface area contributed by atoms with Gasteiger partial charge in [-0.25, -0.2) is 0 Å². The molecule has 5 nitrogen and oxygen atoms in total. The Balaban J connectivity index is 2.03. The van der Waals surface area contributed by atoms with Crippen LogP contribution in [0.1, 0.15) is 18.9 Å². The highest BCUT2D eigenvalue weighted by Gasteiger charge is 2.13. The molecule has 0 spiro atoms. The maximum Gasteiger partial charge on any atom is 0.286 e. The molecule has 0 aliphatic carbocycles. The van der Waals surface area contributed by atoms with E-state index in [1.54, 1.807) is 29.6 Å². The number of hydrazone groups is 1. The Kier molecular flexibility index (Phi) is 5.82. The van der Waals surface area contributed by atoms with Gasteiger partial charge in [0.05, 0.1) is 17.8 Å². The zero-order valence-electron chi connectivity index (χ0n) is 11.8. The second-order valence-electron chi connectivity index (χ2n) is 4.32. The molecule has 2 aromatic rings. The Hall–Kier alpha value is -1.57. The number of hydrogen-bond acceptors (Lipinski definition) is 5. The monoisotopic (exact) mass is 358 g/mol. The molecule has 0 saturated heterocycles. The Morgan fingerprint density at radius 3 is 2.86 bits per heavy atom. The van der Waals surface area contributed by atoms with E-state index in [1.807, 2.05) is 6.92 Å². The van der Waals surface area contributed by atoms with E-state index in [1.165, 1.54) is 12.3 Å². The van der Waals surface area contributed by atoms with E-state index in [2.05, 4.69) is 9.93 Å². The summed E-state index contributed by atoms with van der Waals surface area (Å²) in [5.41, 5.74) is 0.669. The maximum atomic E-state index is 11.9. The molecule has 22 heavy (non-hydrogen) atoms. The van der Waals surface area contributed by atoms with E-state index < -0.39 is 10.0 Å². The highest BCUT2D eigenvalue weighted by Crippen LogP contribution is 2.25. The van der Waals surface area contributed by atoms with Gasteiger partial charge in [0.2, 0.25) is 0 Å². The van der Waals surface area contributed by atoms with E-state index in [4.69, 9.17) is 16.3 Å². The minimum Gasteiger partial charge on any atom is -0.492 e. The van der Waals surface area contributed by atoms with Crippen molar-refractivity contribution >= 4 is 39.2 Å². The van der Waals surface area contributed by atoms with Gasteiger partial charge in [-0.05, 0) is 41.6 Å². The van der Waals surface area contributed by atoms with Crippen molar-refractivity contribution in [2.45, 2.75) is 17.6 Å². The fourth-order valence-electron chi connectivity index (χ4n) is 1.56. The van der Waals surface area contributed by atoms with Crippen molar-refractivity contribution in [2.24, 2.45) is 5.10 Å². The van der Waals surface area contributed by atoms with E-state index in [9.17, 15) is 8.42 Å². The second kappa shape index (κ2) is 7.62. The van der Waals surface area contributed by atoms with Crippen LogP contribution in [0.15, 0.2) is 45.0 Å². The number of nitrogens with zero attached hydrogens (tertiary/aromatic N) is 1. The third-order valence-electron chi connectivity index (χ3n) is 2.56. The van der Waals surface area contributed by atoms with Crippen molar-refractivity contribution in [3.05, 3.63) is 46.3 Å². The fourth-order valence-corrected chi connectivity index (χ4v) is 3.57. The molecule has 8 heteroatoms. The molecule has 0 bridgehead atoms. The predicted molar refractivity (Wildman–Crippen MR) is 89.5 cm³/mol. The lowest BCUT2D eigenvalue weighted by molar-refractivity contribution is 0.317. The molecule has 2 rings (SSSR count). The first-order valence-corrected chi connectivity index (χ1v) is 9.27. The van der Waals surface area contributed by atoms with Crippen LogP contribution in [0.4, 0.5) is 0 Å². The first kappa shape index (κ1) is 16.8. The SMILES string of the molecule is CCCOc1ccc(/C=N/NS(=O)(=O)c2cccs2)cc1Cl. The van der Waals surface area contributed by atoms with Crippen molar-refractivity contribution in [2.75, 3.05) is 6.61 Å². The van der Waals surface area contributed by atoms with E-state index >= 15 is 0 Å². The Labute approximate surface area is 138 Å². The molecule has 1 N–H and O–H groups in total. The molecular formula is C14H15ClN2O3S2. The number of ether oxygens (including phenoxy) is 1. The lowest BCUT2D eigenvalue weighted by Crippen LogP contribution is -2.17. The Bertz CT molecular complexity index is 743. The minimum absolute atomic E-state index is 0.214. The number of halogens is 1. The summed E-state index contributed by atoms with van der Waals surface area (Å²) in [7, 11) is -3.60. The molecule has 0 saturated carbocycles. The fraction of sp³-hybridized carbons (Fsp3) is 0.214. The third kappa shape index (κ3) is 4.46. The van der Waals surface area contributed by atoms with Crippen LogP contribution in [0.25, 0.3) is 0 Å². The van der Waals surface area contributed by atoms with Gasteiger partial charge >= 0.3 is 0 Å². The zero-order valence-corrected chi connectivity index (χ0v) is 14.2. The van der Waals surface area contributed by atoms with Gasteiger partial charge in [-0.15, -0.1) is 11.3 Å². The van der Waals surface area contributed by atoms with Crippen LogP contribution in [0.5, 0.6) is 5.75 Å². The molecular weight excluding hydrogens is 344 g/mol. The average molecular weight is 359 g/mol. The molecule has 1 aromatic heterocycles. The number of sulfonamides is 1. The number of thiophene rings is 1. The summed E-state index contributed by atoms with van der Waals surface area (Å²) in [5.74, 6) is 0.597. The largest absolute Gasteiger partial charge is 0.492 e. The summed E-state index contributed by atoms with van der Waals surface area (Å²) < 4.78 is 29.4. The summed E-state index contributed by atoms with van der Waals surface area (Å²) >= 11 is 7.22. The van der Waals surface area contributed by atoms with Crippen LogP contribution in [0.2, 0.25) is 5.02 Å². The van der Waals surface area contributed by atoms with Gasteiger partial charge < -0.3 is 4.74 Å². The van der Waals surface area contributed by atoms with Crippen LogP contribution in [0, 0.1) is 0 Å². The van der Waals surface area contributed by atoms with Crippen LogP contribution < -0.4 is 9.57 Å². The second-order valence-corrected chi connectivity index (χ2v) is 7.57. The van der Waals surface area contributed by atoms with Crippen molar-refractivity contribution in [3.63, 3.8) is 0 Å². The molecule has 0 amide bonds. The van der Waals surface area contributed by atoms with E-state index in [-0.39, 0.29) is 4.21 Å². The van der Waals surface area contributed by atoms with E-state index in [0.29, 0.717) is 22.9 Å². The summed E-state index contributed by atoms with van der Waals surface area (Å²) in [5, 5.41) is 5.89. The molecule has 118 valence electrons. The molecule has 0 unspecified atom stereocenters. The van der Waals surface area contributed by atoms with E-state index in [0.717, 1.165) is 17.8 Å². The topological polar surface area (TPSA) is 67.8 Å². The van der Waals surface area contributed by atoms with Crippen LogP contribution >= 0.6 is 22.9 Å². The van der Waals surface area contributed by atoms with Crippen molar-refractivity contribution < 1.29 is 13.2 Å². The van der Waals surface area contributed by atoms with Gasteiger partial charge in [0, 0.05) is 0 Å². The first-order valence-electron chi connectivity index (χ1n) is 6.53. The molecule has 1 heterocycles. The molecule has 0 fully saturated rings. The lowest BCUT2D eigenvalue weighted by Gasteiger charge is -2.06. The van der Waals surface area contributed by atoms with Crippen molar-refractivity contribution in [1.29, 1.82) is 0 Å². The van der Waals surface area contributed by atoms with Crippen LogP contribution in [-0.4, -0.2) is 21.2 Å². The van der Waals surface area contributed by atoms with Gasteiger partial charge in [0.15, 0.2) is 0 Å². The highest BCUT2D eigenvalue weighted by atomic mass is 35.5. The normalized spacial score (nSPS) is 11.7. The zero-order chi connectivity index (χ0) is 16.0. The Morgan fingerprint density at radius 1 is 1.41 bits per heavy atom. The van der Waals surface area contributed by atoms with Crippen LogP contribution in [0.3, 0.4) is 0 Å². The number of hydrogen-bond donors (Lipinski definition) is 1. The molecule has 0 aliphatic rings. The molecule has 0 atom stereocenters. The van der Waals surface area contributed by atoms with Gasteiger partial charge in [-0.3, -0.25) is 0 Å². The standard InChI is InChI=1S/C14H15ClN2O3S2/c1-2-7-20-13-6-5-11(9-12(13)15)10-16-17-22(18,19)14-4-3-8-21-14/h3-6,8-10,17H,2,7H2,1H3/b16-10+. The summed E-state index contributed by atoms with van der Waals surface area (Å²) in [6, 6.07) is 8.32. The number of rotatable bonds is 7. The van der Waals surface area contributed by atoms with Gasteiger partial charge in [0.1, 0.15) is 9.96 Å². The smallest absolute Gasteiger partial charge is 0.286 e. The molecule has 0 radical (unpaired) electrons.